The summed E-state index contributed by atoms with van der Waals surface area (Å²) in [7, 11) is 3.27. The predicted octanol–water partition coefficient (Wildman–Crippen LogP) is 2.39. The molecule has 7 heteroatoms. The van der Waals surface area contributed by atoms with E-state index >= 15 is 0 Å². The largest absolute Gasteiger partial charge is 0.497 e. The maximum Gasteiger partial charge on any atom is 0.205 e. The number of nitrogens with zero attached hydrogens (tertiary/aromatic N) is 2. The minimum absolute atomic E-state index is 0.758. The molecule has 2 aromatic rings. The molecule has 1 heterocycles. The SMILES string of the molecule is COc1cc(NCCNc2nnc(C)s2)cc(OC)c1. The van der Waals surface area contributed by atoms with Crippen LogP contribution in [0.4, 0.5) is 10.8 Å². The molecule has 0 aliphatic carbocycles. The molecule has 0 atom stereocenters. The molecule has 0 bridgehead atoms. The molecule has 0 unspecified atom stereocenters. The molecule has 0 radical (unpaired) electrons. The molecular formula is C13H18N4O2S. The summed E-state index contributed by atoms with van der Waals surface area (Å²) in [5.41, 5.74) is 0.955. The van der Waals surface area contributed by atoms with E-state index in [2.05, 4.69) is 20.8 Å². The van der Waals surface area contributed by atoms with Gasteiger partial charge in [-0.1, -0.05) is 11.3 Å². The van der Waals surface area contributed by atoms with Crippen molar-refractivity contribution < 1.29 is 9.47 Å². The Balaban J connectivity index is 1.84. The number of ether oxygens (including phenoxy) is 2. The fourth-order valence-electron chi connectivity index (χ4n) is 1.65. The molecule has 108 valence electrons. The lowest BCUT2D eigenvalue weighted by Crippen LogP contribution is -2.13. The lowest BCUT2D eigenvalue weighted by Gasteiger charge is -2.10. The summed E-state index contributed by atoms with van der Waals surface area (Å²) in [5.74, 6) is 1.53. The Morgan fingerprint density at radius 1 is 1.00 bits per heavy atom. The zero-order chi connectivity index (χ0) is 14.4. The van der Waals surface area contributed by atoms with E-state index in [-0.39, 0.29) is 0 Å². The number of aryl methyl sites for hydroxylation is 1. The van der Waals surface area contributed by atoms with Crippen molar-refractivity contribution in [2.45, 2.75) is 6.92 Å². The number of aromatic nitrogens is 2. The van der Waals surface area contributed by atoms with Crippen LogP contribution in [0.3, 0.4) is 0 Å². The first kappa shape index (κ1) is 14.4. The first-order valence-corrected chi connectivity index (χ1v) is 7.04. The molecule has 1 aromatic carbocycles. The Morgan fingerprint density at radius 3 is 2.20 bits per heavy atom. The molecule has 0 spiro atoms. The topological polar surface area (TPSA) is 68.3 Å². The van der Waals surface area contributed by atoms with E-state index in [1.807, 2.05) is 25.1 Å². The second-order valence-corrected chi connectivity index (χ2v) is 5.26. The number of nitrogens with one attached hydrogen (secondary N) is 2. The van der Waals surface area contributed by atoms with Crippen molar-refractivity contribution in [1.29, 1.82) is 0 Å². The maximum absolute atomic E-state index is 5.22. The highest BCUT2D eigenvalue weighted by atomic mass is 32.1. The van der Waals surface area contributed by atoms with Crippen molar-refractivity contribution in [2.24, 2.45) is 0 Å². The predicted molar refractivity (Wildman–Crippen MR) is 81.2 cm³/mol. The smallest absolute Gasteiger partial charge is 0.205 e. The number of rotatable bonds is 7. The second kappa shape index (κ2) is 6.95. The molecule has 0 aliphatic rings. The van der Waals surface area contributed by atoms with Crippen LogP contribution in [0.2, 0.25) is 0 Å². The van der Waals surface area contributed by atoms with Crippen molar-refractivity contribution >= 4 is 22.2 Å². The molecule has 0 saturated carbocycles. The molecule has 2 N–H and O–H groups in total. The Hall–Kier alpha value is -2.02. The van der Waals surface area contributed by atoms with Gasteiger partial charge in [0.1, 0.15) is 16.5 Å². The standard InChI is InChI=1S/C13H18N4O2S/c1-9-16-17-13(20-9)15-5-4-14-10-6-11(18-2)8-12(7-10)19-3/h6-8,14H,4-5H2,1-3H3,(H,15,17). The Kier molecular flexibility index (Phi) is 5.00. The third-order valence-corrected chi connectivity index (χ3v) is 3.40. The average Bonchev–Trinajstić information content (AvgIpc) is 2.88. The summed E-state index contributed by atoms with van der Waals surface area (Å²) in [6.07, 6.45) is 0. The monoisotopic (exact) mass is 294 g/mol. The van der Waals surface area contributed by atoms with Crippen LogP contribution in [0.5, 0.6) is 11.5 Å². The number of methoxy groups -OCH3 is 2. The highest BCUT2D eigenvalue weighted by Crippen LogP contribution is 2.25. The van der Waals surface area contributed by atoms with Crippen LogP contribution in [-0.4, -0.2) is 37.5 Å². The van der Waals surface area contributed by atoms with Gasteiger partial charge in [-0.2, -0.15) is 0 Å². The van der Waals surface area contributed by atoms with Crippen molar-refractivity contribution in [3.8, 4) is 11.5 Å². The van der Waals surface area contributed by atoms with Gasteiger partial charge in [0.2, 0.25) is 5.13 Å². The van der Waals surface area contributed by atoms with E-state index in [9.17, 15) is 0 Å². The van der Waals surface area contributed by atoms with Crippen LogP contribution in [0.25, 0.3) is 0 Å². The quantitative estimate of drug-likeness (QED) is 0.764. The van der Waals surface area contributed by atoms with E-state index in [0.717, 1.165) is 40.4 Å². The Bertz CT molecular complexity index is 537. The van der Waals surface area contributed by atoms with Crippen LogP contribution in [0.15, 0.2) is 18.2 Å². The van der Waals surface area contributed by atoms with Gasteiger partial charge < -0.3 is 20.1 Å². The fourth-order valence-corrected chi connectivity index (χ4v) is 2.27. The zero-order valence-electron chi connectivity index (χ0n) is 11.8. The maximum atomic E-state index is 5.22. The highest BCUT2D eigenvalue weighted by molar-refractivity contribution is 7.15. The summed E-state index contributed by atoms with van der Waals surface area (Å²) in [5, 5.41) is 16.3. The van der Waals surface area contributed by atoms with Gasteiger partial charge in [-0.3, -0.25) is 0 Å². The molecular weight excluding hydrogens is 276 g/mol. The lowest BCUT2D eigenvalue weighted by atomic mass is 10.2. The van der Waals surface area contributed by atoms with Crippen molar-refractivity contribution in [3.63, 3.8) is 0 Å². The Labute approximate surface area is 122 Å². The van der Waals surface area contributed by atoms with Crippen molar-refractivity contribution in [2.75, 3.05) is 37.9 Å². The van der Waals surface area contributed by atoms with Crippen LogP contribution >= 0.6 is 11.3 Å². The minimum Gasteiger partial charge on any atom is -0.497 e. The molecule has 0 aliphatic heterocycles. The van der Waals surface area contributed by atoms with Crippen LogP contribution in [0, 0.1) is 6.92 Å². The highest BCUT2D eigenvalue weighted by Gasteiger charge is 2.02. The first-order chi connectivity index (χ1) is 9.71. The van der Waals surface area contributed by atoms with E-state index in [1.54, 1.807) is 25.6 Å². The second-order valence-electron chi connectivity index (χ2n) is 4.08. The summed E-state index contributed by atoms with van der Waals surface area (Å²) in [4.78, 5) is 0. The third kappa shape index (κ3) is 3.99. The number of hydrogen-bond acceptors (Lipinski definition) is 7. The van der Waals surface area contributed by atoms with Gasteiger partial charge in [0.05, 0.1) is 14.2 Å². The minimum atomic E-state index is 0.758. The molecule has 0 fully saturated rings. The van der Waals surface area contributed by atoms with Gasteiger partial charge in [-0.15, -0.1) is 10.2 Å². The summed E-state index contributed by atoms with van der Waals surface area (Å²) in [6, 6.07) is 5.70. The van der Waals surface area contributed by atoms with Crippen LogP contribution < -0.4 is 20.1 Å². The van der Waals surface area contributed by atoms with Crippen molar-refractivity contribution in [1.82, 2.24) is 10.2 Å². The van der Waals surface area contributed by atoms with Gasteiger partial charge >= 0.3 is 0 Å². The molecule has 2 rings (SSSR count). The number of hydrogen-bond donors (Lipinski definition) is 2. The van der Waals surface area contributed by atoms with Crippen LogP contribution in [0.1, 0.15) is 5.01 Å². The third-order valence-electron chi connectivity index (χ3n) is 2.61. The molecule has 0 saturated heterocycles. The molecule has 1 aromatic heterocycles. The zero-order valence-corrected chi connectivity index (χ0v) is 12.6. The van der Waals surface area contributed by atoms with Crippen molar-refractivity contribution in [3.05, 3.63) is 23.2 Å². The normalized spacial score (nSPS) is 10.2. The van der Waals surface area contributed by atoms with E-state index < -0.39 is 0 Å². The number of anilines is 2. The van der Waals surface area contributed by atoms with Gasteiger partial charge in [0.25, 0.3) is 0 Å². The first-order valence-electron chi connectivity index (χ1n) is 6.22. The van der Waals surface area contributed by atoms with E-state index in [4.69, 9.17) is 9.47 Å². The Morgan fingerprint density at radius 2 is 1.65 bits per heavy atom. The lowest BCUT2D eigenvalue weighted by molar-refractivity contribution is 0.394. The van der Waals surface area contributed by atoms with Gasteiger partial charge in [-0.25, -0.2) is 0 Å². The van der Waals surface area contributed by atoms with Gasteiger partial charge in [0, 0.05) is 37.0 Å². The molecule has 6 nitrogen and oxygen atoms in total. The van der Waals surface area contributed by atoms with E-state index in [0.29, 0.717) is 0 Å². The summed E-state index contributed by atoms with van der Waals surface area (Å²) < 4.78 is 10.4. The average molecular weight is 294 g/mol. The van der Waals surface area contributed by atoms with Crippen LogP contribution in [-0.2, 0) is 0 Å². The fraction of sp³-hybridized carbons (Fsp3) is 0.385. The summed E-state index contributed by atoms with van der Waals surface area (Å²) >= 11 is 1.55. The molecule has 0 amide bonds. The van der Waals surface area contributed by atoms with Gasteiger partial charge in [-0.05, 0) is 6.92 Å². The number of benzene rings is 1. The van der Waals surface area contributed by atoms with Gasteiger partial charge in [0.15, 0.2) is 0 Å². The van der Waals surface area contributed by atoms with E-state index in [1.165, 1.54) is 0 Å². The molecule has 20 heavy (non-hydrogen) atoms. The summed E-state index contributed by atoms with van der Waals surface area (Å²) in [6.45, 7) is 3.45.